The highest BCUT2D eigenvalue weighted by Crippen LogP contribution is 2.26. The molecule has 38 heavy (non-hydrogen) atoms. The zero-order valence-electron chi connectivity index (χ0n) is 20.7. The second-order valence-electron chi connectivity index (χ2n) is 8.05. The van der Waals surface area contributed by atoms with E-state index in [0.29, 0.717) is 0 Å². The number of hydrogen-bond acceptors (Lipinski definition) is 8. The highest BCUT2D eigenvalue weighted by molar-refractivity contribution is 5.67. The third-order valence-electron chi connectivity index (χ3n) is 5.21. The molecule has 0 fully saturated rings. The minimum Gasteiger partial charge on any atom is -0.446 e. The summed E-state index contributed by atoms with van der Waals surface area (Å²) in [6.07, 6.45) is -3.96. The van der Waals surface area contributed by atoms with Gasteiger partial charge in [-0.3, -0.25) is 13.9 Å². The first kappa shape index (κ1) is 28.5. The van der Waals surface area contributed by atoms with Crippen LogP contribution in [0.15, 0.2) is 63.1 Å². The normalized spacial score (nSPS) is 11.6. The number of aliphatic imine (C=N–C) groups is 1. The molecular formula is C25H27F3N4O6. The van der Waals surface area contributed by atoms with Crippen molar-refractivity contribution in [2.45, 2.75) is 26.4 Å². The Kier molecular flexibility index (Phi) is 9.68. The van der Waals surface area contributed by atoms with Crippen molar-refractivity contribution in [1.29, 1.82) is 0 Å². The smallest absolute Gasteiger partial charge is 0.446 e. The Morgan fingerprint density at radius 2 is 1.79 bits per heavy atom. The topological polar surface area (TPSA) is 116 Å². The van der Waals surface area contributed by atoms with E-state index in [1.165, 1.54) is 19.2 Å². The molecule has 2 N–H and O–H groups in total. The average Bonchev–Trinajstić information content (AvgIpc) is 2.86. The Bertz CT molecular complexity index is 1370. The first-order valence-electron chi connectivity index (χ1n) is 11.5. The van der Waals surface area contributed by atoms with Crippen molar-refractivity contribution in [2.75, 3.05) is 25.1 Å². The minimum atomic E-state index is -4.86. The third kappa shape index (κ3) is 7.95. The molecule has 0 aliphatic rings. The van der Waals surface area contributed by atoms with Gasteiger partial charge in [-0.2, -0.15) is 4.99 Å². The van der Waals surface area contributed by atoms with E-state index in [-0.39, 0.29) is 50.2 Å². The number of aliphatic hydroxyl groups excluding tert-OH is 1. The molecule has 1 aromatic heterocycles. The monoisotopic (exact) mass is 536 g/mol. The van der Waals surface area contributed by atoms with Crippen molar-refractivity contribution in [3.05, 3.63) is 80.5 Å². The molecule has 0 aliphatic carbocycles. The lowest BCUT2D eigenvalue weighted by Crippen LogP contribution is -2.41. The quantitative estimate of drug-likeness (QED) is 0.208. The van der Waals surface area contributed by atoms with Crippen molar-refractivity contribution < 1.29 is 32.5 Å². The van der Waals surface area contributed by atoms with Gasteiger partial charge in [-0.25, -0.2) is 4.79 Å². The van der Waals surface area contributed by atoms with Crippen LogP contribution in [0.4, 0.5) is 24.7 Å². The van der Waals surface area contributed by atoms with Crippen LogP contribution in [0.25, 0.3) is 0 Å². The standard InChI is InChI=1S/C25H27F3N4O6/c1-17-6-8-18(9-7-17)15-29-21-22(31(2)24(35)32(23(21)34)10-12-36-13-11-33)30-16-37-19-4-3-5-20(14-19)38-25(26,27)28/h3-9,14,16,29,33H,10-13,15H2,1-2H3. The number of benzene rings is 2. The number of aliphatic hydroxyl groups is 1. The molecule has 0 saturated carbocycles. The molecule has 13 heteroatoms. The van der Waals surface area contributed by atoms with Gasteiger partial charge in [0, 0.05) is 19.7 Å². The van der Waals surface area contributed by atoms with E-state index >= 15 is 0 Å². The molecule has 0 atom stereocenters. The number of alkyl halides is 3. The van der Waals surface area contributed by atoms with E-state index in [0.717, 1.165) is 38.8 Å². The van der Waals surface area contributed by atoms with E-state index in [9.17, 15) is 22.8 Å². The maximum absolute atomic E-state index is 13.3. The van der Waals surface area contributed by atoms with Crippen molar-refractivity contribution in [3.63, 3.8) is 0 Å². The number of halogens is 3. The highest BCUT2D eigenvalue weighted by atomic mass is 19.4. The van der Waals surface area contributed by atoms with Crippen LogP contribution in [0.1, 0.15) is 11.1 Å². The Balaban J connectivity index is 1.91. The van der Waals surface area contributed by atoms with Crippen LogP contribution in [-0.4, -0.2) is 46.8 Å². The number of rotatable bonds is 12. The van der Waals surface area contributed by atoms with Gasteiger partial charge in [0.1, 0.15) is 17.2 Å². The molecule has 3 aromatic rings. The summed E-state index contributed by atoms with van der Waals surface area (Å²) >= 11 is 0. The molecular weight excluding hydrogens is 509 g/mol. The summed E-state index contributed by atoms with van der Waals surface area (Å²) in [5.74, 6) is -0.548. The number of hydrogen-bond donors (Lipinski definition) is 2. The van der Waals surface area contributed by atoms with E-state index in [4.69, 9.17) is 14.6 Å². The Hall–Kier alpha value is -4.10. The zero-order chi connectivity index (χ0) is 27.7. The highest BCUT2D eigenvalue weighted by Gasteiger charge is 2.31. The number of anilines is 1. The van der Waals surface area contributed by atoms with Crippen molar-refractivity contribution >= 4 is 17.9 Å². The van der Waals surface area contributed by atoms with E-state index in [1.807, 2.05) is 31.2 Å². The molecule has 0 bridgehead atoms. The molecule has 0 spiro atoms. The average molecular weight is 537 g/mol. The van der Waals surface area contributed by atoms with E-state index in [2.05, 4.69) is 15.0 Å². The Labute approximate surface area is 215 Å². The predicted octanol–water partition coefficient (Wildman–Crippen LogP) is 3.11. The molecule has 2 aromatic carbocycles. The number of aryl methyl sites for hydroxylation is 1. The summed E-state index contributed by atoms with van der Waals surface area (Å²) in [5.41, 5.74) is 0.614. The fourth-order valence-electron chi connectivity index (χ4n) is 3.36. The molecule has 0 aliphatic heterocycles. The SMILES string of the molecule is Cc1ccc(CNc2c(N=COc3cccc(OC(F)(F)F)c3)n(C)c(=O)n(CCOCCO)c2=O)cc1. The lowest BCUT2D eigenvalue weighted by atomic mass is 10.1. The maximum atomic E-state index is 13.3. The zero-order valence-corrected chi connectivity index (χ0v) is 20.7. The summed E-state index contributed by atoms with van der Waals surface area (Å²) in [6, 6.07) is 12.4. The second kappa shape index (κ2) is 12.9. The van der Waals surface area contributed by atoms with Crippen LogP contribution in [0, 0.1) is 6.92 Å². The van der Waals surface area contributed by atoms with Crippen LogP contribution in [0.3, 0.4) is 0 Å². The van der Waals surface area contributed by atoms with Gasteiger partial charge in [0.25, 0.3) is 5.56 Å². The first-order chi connectivity index (χ1) is 18.1. The summed E-state index contributed by atoms with van der Waals surface area (Å²) in [5, 5.41) is 11.9. The predicted molar refractivity (Wildman–Crippen MR) is 134 cm³/mol. The van der Waals surface area contributed by atoms with Gasteiger partial charge >= 0.3 is 12.1 Å². The molecule has 0 amide bonds. The summed E-state index contributed by atoms with van der Waals surface area (Å²) in [7, 11) is 1.41. The second-order valence-corrected chi connectivity index (χ2v) is 8.05. The van der Waals surface area contributed by atoms with Crippen molar-refractivity contribution in [3.8, 4) is 11.5 Å². The lowest BCUT2D eigenvalue weighted by Gasteiger charge is -2.15. The van der Waals surface area contributed by atoms with Crippen molar-refractivity contribution in [2.24, 2.45) is 12.0 Å². The number of nitrogens with one attached hydrogen (secondary N) is 1. The van der Waals surface area contributed by atoms with Gasteiger partial charge in [0.05, 0.1) is 26.4 Å². The van der Waals surface area contributed by atoms with Crippen LogP contribution in [0.2, 0.25) is 0 Å². The fourth-order valence-corrected chi connectivity index (χ4v) is 3.36. The van der Waals surface area contributed by atoms with Crippen LogP contribution >= 0.6 is 0 Å². The molecule has 3 rings (SSSR count). The fraction of sp³-hybridized carbons (Fsp3) is 0.320. The van der Waals surface area contributed by atoms with Gasteiger partial charge in [0.2, 0.25) is 0 Å². The van der Waals surface area contributed by atoms with Crippen molar-refractivity contribution in [1.82, 2.24) is 9.13 Å². The molecule has 0 radical (unpaired) electrons. The van der Waals surface area contributed by atoms with Gasteiger partial charge in [-0.15, -0.1) is 13.2 Å². The van der Waals surface area contributed by atoms with Crippen LogP contribution in [0.5, 0.6) is 11.5 Å². The van der Waals surface area contributed by atoms with Gasteiger partial charge in [-0.1, -0.05) is 35.9 Å². The molecule has 10 nitrogen and oxygen atoms in total. The largest absolute Gasteiger partial charge is 0.573 e. The first-order valence-corrected chi connectivity index (χ1v) is 11.5. The molecule has 0 unspecified atom stereocenters. The Morgan fingerprint density at radius 1 is 1.08 bits per heavy atom. The molecule has 204 valence electrons. The Morgan fingerprint density at radius 3 is 2.47 bits per heavy atom. The van der Waals surface area contributed by atoms with E-state index in [1.54, 1.807) is 0 Å². The number of aromatic nitrogens is 2. The van der Waals surface area contributed by atoms with Gasteiger partial charge in [0.15, 0.2) is 12.2 Å². The van der Waals surface area contributed by atoms with Gasteiger partial charge in [-0.05, 0) is 24.6 Å². The molecule has 0 saturated heterocycles. The van der Waals surface area contributed by atoms with Crippen LogP contribution < -0.4 is 26.0 Å². The summed E-state index contributed by atoms with van der Waals surface area (Å²) in [6.45, 7) is 2.01. The summed E-state index contributed by atoms with van der Waals surface area (Å²) in [4.78, 5) is 30.3. The van der Waals surface area contributed by atoms with Gasteiger partial charge < -0.3 is 24.6 Å². The lowest BCUT2D eigenvalue weighted by molar-refractivity contribution is -0.274. The van der Waals surface area contributed by atoms with E-state index < -0.39 is 23.4 Å². The van der Waals surface area contributed by atoms with Crippen LogP contribution in [-0.2, 0) is 24.9 Å². The summed E-state index contributed by atoms with van der Waals surface area (Å²) < 4.78 is 54.0. The number of nitrogens with zero attached hydrogens (tertiary/aromatic N) is 3. The third-order valence-corrected chi connectivity index (χ3v) is 5.21. The maximum Gasteiger partial charge on any atom is 0.573 e. The molecule has 1 heterocycles. The minimum absolute atomic E-state index is 0.00355. The number of ether oxygens (including phenoxy) is 3.